The number of sulfone groups is 1. The van der Waals surface area contributed by atoms with Gasteiger partial charge in [0.25, 0.3) is 5.91 Å². The molecular formula is C16H16FNO3S2. The van der Waals surface area contributed by atoms with E-state index in [1.807, 2.05) is 0 Å². The van der Waals surface area contributed by atoms with Gasteiger partial charge in [-0.25, -0.2) is 12.8 Å². The maximum Gasteiger partial charge on any atom is 0.261 e. The third-order valence-electron chi connectivity index (χ3n) is 3.88. The topological polar surface area (TPSA) is 63.2 Å². The predicted octanol–water partition coefficient (Wildman–Crippen LogP) is 2.86. The molecule has 7 heteroatoms. The van der Waals surface area contributed by atoms with Crippen LogP contribution in [0.3, 0.4) is 0 Å². The minimum Gasteiger partial charge on any atom is -0.345 e. The molecular weight excluding hydrogens is 337 g/mol. The molecule has 4 nitrogen and oxygen atoms in total. The van der Waals surface area contributed by atoms with Crippen LogP contribution in [0.2, 0.25) is 0 Å². The zero-order chi connectivity index (χ0) is 16.7. The molecule has 2 aromatic rings. The molecule has 1 aromatic heterocycles. The Kier molecular flexibility index (Phi) is 4.01. The van der Waals surface area contributed by atoms with E-state index in [0.717, 1.165) is 10.4 Å². The lowest BCUT2D eigenvalue weighted by Gasteiger charge is -2.23. The molecule has 0 bridgehead atoms. The standard InChI is InChI=1S/C16H16FNO3S2/c1-16(8-9-23(20,21)10-16)18-15(19)14-7-6-13(22-14)11-2-4-12(17)5-3-11/h2-7H,8-10H2,1H3,(H,18,19). The number of benzene rings is 1. The van der Waals surface area contributed by atoms with Gasteiger partial charge >= 0.3 is 0 Å². The SMILES string of the molecule is CC1(NC(=O)c2ccc(-c3ccc(F)cc3)s2)CCS(=O)(=O)C1. The van der Waals surface area contributed by atoms with Crippen molar-refractivity contribution in [3.05, 3.63) is 47.1 Å². The van der Waals surface area contributed by atoms with E-state index >= 15 is 0 Å². The molecule has 1 saturated heterocycles. The van der Waals surface area contributed by atoms with E-state index in [4.69, 9.17) is 0 Å². The van der Waals surface area contributed by atoms with Gasteiger partial charge in [-0.15, -0.1) is 11.3 Å². The molecule has 3 rings (SSSR count). The zero-order valence-electron chi connectivity index (χ0n) is 12.5. The van der Waals surface area contributed by atoms with E-state index in [2.05, 4.69) is 5.32 Å². The van der Waals surface area contributed by atoms with Crippen molar-refractivity contribution in [1.82, 2.24) is 5.32 Å². The normalized spacial score (nSPS) is 22.9. The molecule has 23 heavy (non-hydrogen) atoms. The lowest BCUT2D eigenvalue weighted by atomic mass is 10.0. The fourth-order valence-corrected chi connectivity index (χ4v) is 5.67. The largest absolute Gasteiger partial charge is 0.345 e. The molecule has 122 valence electrons. The number of amides is 1. The molecule has 1 aliphatic rings. The van der Waals surface area contributed by atoms with Crippen molar-refractivity contribution in [2.75, 3.05) is 11.5 Å². The third kappa shape index (κ3) is 3.61. The first-order valence-corrected chi connectivity index (χ1v) is 9.79. The number of nitrogens with one attached hydrogen (secondary N) is 1. The molecule has 1 N–H and O–H groups in total. The second-order valence-corrected chi connectivity index (χ2v) is 9.30. The maximum absolute atomic E-state index is 13.0. The first-order valence-electron chi connectivity index (χ1n) is 7.15. The Labute approximate surface area is 138 Å². The van der Waals surface area contributed by atoms with Crippen LogP contribution in [-0.4, -0.2) is 31.4 Å². The Morgan fingerprint density at radius 1 is 1.22 bits per heavy atom. The summed E-state index contributed by atoms with van der Waals surface area (Å²) in [6.45, 7) is 1.75. The van der Waals surface area contributed by atoms with Gasteiger partial charge in [0.05, 0.1) is 21.9 Å². The van der Waals surface area contributed by atoms with Gasteiger partial charge in [-0.05, 0) is 43.2 Å². The van der Waals surface area contributed by atoms with E-state index in [9.17, 15) is 17.6 Å². The number of rotatable bonds is 3. The average molecular weight is 353 g/mol. The van der Waals surface area contributed by atoms with Crippen molar-refractivity contribution in [3.8, 4) is 10.4 Å². The van der Waals surface area contributed by atoms with Crippen LogP contribution in [0.4, 0.5) is 4.39 Å². The van der Waals surface area contributed by atoms with Gasteiger partial charge in [0.2, 0.25) is 0 Å². The Morgan fingerprint density at radius 3 is 2.52 bits per heavy atom. The van der Waals surface area contributed by atoms with E-state index in [-0.39, 0.29) is 23.2 Å². The smallest absolute Gasteiger partial charge is 0.261 e. The molecule has 1 aliphatic heterocycles. The minimum atomic E-state index is -3.07. The van der Waals surface area contributed by atoms with Gasteiger partial charge in [0.1, 0.15) is 5.82 Å². The quantitative estimate of drug-likeness (QED) is 0.923. The first kappa shape index (κ1) is 16.1. The van der Waals surface area contributed by atoms with Gasteiger partial charge in [0.15, 0.2) is 9.84 Å². The highest BCUT2D eigenvalue weighted by atomic mass is 32.2. The Balaban J connectivity index is 1.75. The second-order valence-electron chi connectivity index (χ2n) is 6.03. The van der Waals surface area contributed by atoms with Crippen LogP contribution < -0.4 is 5.32 Å². The number of carbonyl (C=O) groups is 1. The highest BCUT2D eigenvalue weighted by molar-refractivity contribution is 7.91. The second kappa shape index (κ2) is 5.72. The molecule has 0 spiro atoms. The van der Waals surface area contributed by atoms with Crippen LogP contribution in [-0.2, 0) is 9.84 Å². The number of hydrogen-bond acceptors (Lipinski definition) is 4. The first-order chi connectivity index (χ1) is 10.8. The summed E-state index contributed by atoms with van der Waals surface area (Å²) < 4.78 is 36.2. The minimum absolute atomic E-state index is 0.0259. The van der Waals surface area contributed by atoms with E-state index < -0.39 is 15.4 Å². The van der Waals surface area contributed by atoms with Crippen LogP contribution in [0.1, 0.15) is 23.0 Å². The molecule has 2 heterocycles. The average Bonchev–Trinajstić information content (AvgIpc) is 3.05. The summed E-state index contributed by atoms with van der Waals surface area (Å²) in [6.07, 6.45) is 0.428. The lowest BCUT2D eigenvalue weighted by Crippen LogP contribution is -2.46. The van der Waals surface area contributed by atoms with Crippen molar-refractivity contribution in [2.45, 2.75) is 18.9 Å². The summed E-state index contributed by atoms with van der Waals surface area (Å²) in [5, 5.41) is 2.83. The summed E-state index contributed by atoms with van der Waals surface area (Å²) in [7, 11) is -3.07. The molecule has 0 radical (unpaired) electrons. The Morgan fingerprint density at radius 2 is 1.91 bits per heavy atom. The summed E-state index contributed by atoms with van der Waals surface area (Å²) in [5.74, 6) is -0.502. The maximum atomic E-state index is 13.0. The highest BCUT2D eigenvalue weighted by Crippen LogP contribution is 2.29. The lowest BCUT2D eigenvalue weighted by molar-refractivity contribution is 0.0919. The number of carbonyl (C=O) groups excluding carboxylic acids is 1. The zero-order valence-corrected chi connectivity index (χ0v) is 14.1. The van der Waals surface area contributed by atoms with Gasteiger partial charge in [-0.3, -0.25) is 4.79 Å². The van der Waals surface area contributed by atoms with Gasteiger partial charge in [-0.2, -0.15) is 0 Å². The van der Waals surface area contributed by atoms with Crippen molar-refractivity contribution in [1.29, 1.82) is 0 Å². The van der Waals surface area contributed by atoms with Crippen molar-refractivity contribution in [3.63, 3.8) is 0 Å². The van der Waals surface area contributed by atoms with Crippen molar-refractivity contribution < 1.29 is 17.6 Å². The van der Waals surface area contributed by atoms with Gasteiger partial charge in [0, 0.05) is 4.88 Å². The molecule has 1 amide bonds. The van der Waals surface area contributed by atoms with Crippen LogP contribution in [0, 0.1) is 5.82 Å². The summed E-state index contributed by atoms with van der Waals surface area (Å²) in [5.41, 5.74) is 0.126. The van der Waals surface area contributed by atoms with Gasteiger partial charge < -0.3 is 5.32 Å². The van der Waals surface area contributed by atoms with Crippen molar-refractivity contribution in [2.24, 2.45) is 0 Å². The fourth-order valence-electron chi connectivity index (χ4n) is 2.67. The predicted molar refractivity (Wildman–Crippen MR) is 88.9 cm³/mol. The molecule has 1 fully saturated rings. The van der Waals surface area contributed by atoms with Crippen LogP contribution in [0.5, 0.6) is 0 Å². The third-order valence-corrected chi connectivity index (χ3v) is 6.91. The number of hydrogen-bond donors (Lipinski definition) is 1. The fraction of sp³-hybridized carbons (Fsp3) is 0.312. The van der Waals surface area contributed by atoms with Gasteiger partial charge in [-0.1, -0.05) is 12.1 Å². The molecule has 0 aliphatic carbocycles. The monoisotopic (exact) mass is 353 g/mol. The molecule has 1 unspecified atom stereocenters. The summed E-state index contributed by atoms with van der Waals surface area (Å²) >= 11 is 1.30. The number of halogens is 1. The number of thiophene rings is 1. The van der Waals surface area contributed by atoms with E-state index in [0.29, 0.717) is 11.3 Å². The molecule has 1 aromatic carbocycles. The summed E-state index contributed by atoms with van der Waals surface area (Å²) in [4.78, 5) is 13.7. The van der Waals surface area contributed by atoms with Crippen LogP contribution >= 0.6 is 11.3 Å². The Bertz CT molecular complexity index is 842. The Hall–Kier alpha value is -1.73. The van der Waals surface area contributed by atoms with E-state index in [1.54, 1.807) is 31.2 Å². The molecule has 0 saturated carbocycles. The van der Waals surface area contributed by atoms with Crippen molar-refractivity contribution >= 4 is 27.1 Å². The summed E-state index contributed by atoms with van der Waals surface area (Å²) in [6, 6.07) is 9.58. The van der Waals surface area contributed by atoms with Crippen LogP contribution in [0.25, 0.3) is 10.4 Å². The highest BCUT2D eigenvalue weighted by Gasteiger charge is 2.39. The van der Waals surface area contributed by atoms with E-state index in [1.165, 1.54) is 23.5 Å². The molecule has 1 atom stereocenters. The van der Waals surface area contributed by atoms with Crippen LogP contribution in [0.15, 0.2) is 36.4 Å².